The van der Waals surface area contributed by atoms with Crippen molar-refractivity contribution in [2.75, 3.05) is 6.54 Å². The van der Waals surface area contributed by atoms with Crippen LogP contribution in [0.5, 0.6) is 5.75 Å². The van der Waals surface area contributed by atoms with Crippen molar-refractivity contribution >= 4 is 0 Å². The lowest BCUT2D eigenvalue weighted by atomic mass is 9.87. The molecule has 1 aromatic carbocycles. The van der Waals surface area contributed by atoms with Gasteiger partial charge in [-0.1, -0.05) is 13.0 Å². The van der Waals surface area contributed by atoms with Crippen LogP contribution in [0.3, 0.4) is 0 Å². The van der Waals surface area contributed by atoms with Gasteiger partial charge in [-0.2, -0.15) is 0 Å². The summed E-state index contributed by atoms with van der Waals surface area (Å²) in [5.74, 6) is 1.61. The predicted molar refractivity (Wildman–Crippen MR) is 76.3 cm³/mol. The molecule has 0 spiro atoms. The third-order valence-electron chi connectivity index (χ3n) is 3.96. The van der Waals surface area contributed by atoms with Crippen LogP contribution in [-0.4, -0.2) is 12.1 Å². The maximum absolute atomic E-state index is 6.07. The molecule has 0 bridgehead atoms. The van der Waals surface area contributed by atoms with Gasteiger partial charge in [-0.05, 0) is 75.3 Å². The number of hydrogen-bond donors (Lipinski definition) is 1. The summed E-state index contributed by atoms with van der Waals surface area (Å²) in [6.45, 7) is 9.51. The Morgan fingerprint density at radius 3 is 2.78 bits per heavy atom. The molecule has 0 saturated heterocycles. The van der Waals surface area contributed by atoms with E-state index in [1.807, 2.05) is 0 Å². The standard InChI is InChI=1S/C16H25NO/c1-11(6-8-17)14-10-13-5-7-16(3,4)18-15(13)9-12(14)2/h9-11H,5-8,17H2,1-4H3. The molecule has 2 nitrogen and oxygen atoms in total. The van der Waals surface area contributed by atoms with E-state index in [0.29, 0.717) is 5.92 Å². The molecule has 0 amide bonds. The molecule has 0 aromatic heterocycles. The van der Waals surface area contributed by atoms with Gasteiger partial charge < -0.3 is 10.5 Å². The highest BCUT2D eigenvalue weighted by atomic mass is 16.5. The first-order valence-corrected chi connectivity index (χ1v) is 6.95. The third-order valence-corrected chi connectivity index (χ3v) is 3.96. The molecular weight excluding hydrogens is 222 g/mol. The fourth-order valence-electron chi connectivity index (χ4n) is 2.76. The van der Waals surface area contributed by atoms with E-state index in [1.54, 1.807) is 0 Å². The van der Waals surface area contributed by atoms with Gasteiger partial charge in [0.2, 0.25) is 0 Å². The molecule has 100 valence electrons. The van der Waals surface area contributed by atoms with E-state index in [4.69, 9.17) is 10.5 Å². The van der Waals surface area contributed by atoms with Gasteiger partial charge in [0.1, 0.15) is 11.4 Å². The highest BCUT2D eigenvalue weighted by molar-refractivity contribution is 5.45. The fraction of sp³-hybridized carbons (Fsp3) is 0.625. The molecule has 1 atom stereocenters. The minimum atomic E-state index is -0.0240. The van der Waals surface area contributed by atoms with Crippen LogP contribution in [0.15, 0.2) is 12.1 Å². The third kappa shape index (κ3) is 2.69. The van der Waals surface area contributed by atoms with Crippen molar-refractivity contribution in [3.05, 3.63) is 28.8 Å². The lowest BCUT2D eigenvalue weighted by Gasteiger charge is -2.33. The SMILES string of the molecule is Cc1cc2c(cc1C(C)CCN)CCC(C)(C)O2. The summed E-state index contributed by atoms with van der Waals surface area (Å²) in [6.07, 6.45) is 3.25. The van der Waals surface area contributed by atoms with Gasteiger partial charge >= 0.3 is 0 Å². The van der Waals surface area contributed by atoms with Crippen LogP contribution in [0.2, 0.25) is 0 Å². The van der Waals surface area contributed by atoms with Gasteiger partial charge in [-0.15, -0.1) is 0 Å². The molecule has 2 N–H and O–H groups in total. The quantitative estimate of drug-likeness (QED) is 0.886. The van der Waals surface area contributed by atoms with Crippen molar-refractivity contribution in [3.63, 3.8) is 0 Å². The molecule has 0 radical (unpaired) electrons. The highest BCUT2D eigenvalue weighted by Crippen LogP contribution is 2.36. The molecule has 0 fully saturated rings. The largest absolute Gasteiger partial charge is 0.488 e. The summed E-state index contributed by atoms with van der Waals surface area (Å²) in [7, 11) is 0. The second-order valence-corrected chi connectivity index (χ2v) is 6.16. The number of aryl methyl sites for hydroxylation is 2. The van der Waals surface area contributed by atoms with Crippen molar-refractivity contribution in [3.8, 4) is 5.75 Å². The van der Waals surface area contributed by atoms with Crippen LogP contribution < -0.4 is 10.5 Å². The molecule has 2 rings (SSSR count). The molecule has 1 unspecified atom stereocenters. The van der Waals surface area contributed by atoms with Crippen molar-refractivity contribution < 1.29 is 4.74 Å². The van der Waals surface area contributed by atoms with Gasteiger partial charge in [-0.3, -0.25) is 0 Å². The van der Waals surface area contributed by atoms with Gasteiger partial charge in [0.25, 0.3) is 0 Å². The van der Waals surface area contributed by atoms with E-state index < -0.39 is 0 Å². The molecule has 2 heteroatoms. The van der Waals surface area contributed by atoms with Gasteiger partial charge in [0.15, 0.2) is 0 Å². The zero-order valence-electron chi connectivity index (χ0n) is 12.0. The molecular formula is C16H25NO. The normalized spacial score (nSPS) is 18.9. The van der Waals surface area contributed by atoms with Crippen molar-refractivity contribution in [1.82, 2.24) is 0 Å². The zero-order valence-corrected chi connectivity index (χ0v) is 12.0. The van der Waals surface area contributed by atoms with Crippen LogP contribution in [0.25, 0.3) is 0 Å². The van der Waals surface area contributed by atoms with E-state index >= 15 is 0 Å². The minimum absolute atomic E-state index is 0.0240. The van der Waals surface area contributed by atoms with E-state index in [2.05, 4.69) is 39.8 Å². The Hall–Kier alpha value is -1.02. The first kappa shape index (κ1) is 13.4. The zero-order chi connectivity index (χ0) is 13.3. The smallest absolute Gasteiger partial charge is 0.123 e. The van der Waals surface area contributed by atoms with Crippen LogP contribution in [0.1, 0.15) is 56.2 Å². The summed E-state index contributed by atoms with van der Waals surface area (Å²) < 4.78 is 6.07. The summed E-state index contributed by atoms with van der Waals surface area (Å²) in [6, 6.07) is 4.54. The Morgan fingerprint density at radius 1 is 1.39 bits per heavy atom. The lowest BCUT2D eigenvalue weighted by molar-refractivity contribution is 0.0845. The molecule has 0 aliphatic carbocycles. The van der Waals surface area contributed by atoms with Crippen molar-refractivity contribution in [1.29, 1.82) is 0 Å². The summed E-state index contributed by atoms with van der Waals surface area (Å²) in [5, 5.41) is 0. The average molecular weight is 247 g/mol. The maximum Gasteiger partial charge on any atom is 0.123 e. The Balaban J connectivity index is 2.32. The number of fused-ring (bicyclic) bond motifs is 1. The number of hydrogen-bond acceptors (Lipinski definition) is 2. The second kappa shape index (κ2) is 4.93. The predicted octanol–water partition coefficient (Wildman–Crippen LogP) is 3.55. The van der Waals surface area contributed by atoms with Gasteiger partial charge in [0, 0.05) is 0 Å². The van der Waals surface area contributed by atoms with Crippen LogP contribution >= 0.6 is 0 Å². The van der Waals surface area contributed by atoms with E-state index in [-0.39, 0.29) is 5.60 Å². The van der Waals surface area contributed by atoms with E-state index in [1.165, 1.54) is 16.7 Å². The fourth-order valence-corrected chi connectivity index (χ4v) is 2.76. The topological polar surface area (TPSA) is 35.2 Å². The number of rotatable bonds is 3. The van der Waals surface area contributed by atoms with Crippen LogP contribution in [0, 0.1) is 6.92 Å². The molecule has 1 heterocycles. The van der Waals surface area contributed by atoms with Crippen LogP contribution in [-0.2, 0) is 6.42 Å². The minimum Gasteiger partial charge on any atom is -0.488 e. The Kier molecular flexibility index (Phi) is 3.67. The summed E-state index contributed by atoms with van der Waals surface area (Å²) >= 11 is 0. The molecule has 1 aliphatic heterocycles. The van der Waals surface area contributed by atoms with Crippen LogP contribution in [0.4, 0.5) is 0 Å². The van der Waals surface area contributed by atoms with E-state index in [0.717, 1.165) is 31.6 Å². The highest BCUT2D eigenvalue weighted by Gasteiger charge is 2.27. The van der Waals surface area contributed by atoms with Gasteiger partial charge in [0.05, 0.1) is 0 Å². The Bertz CT molecular complexity index is 437. The van der Waals surface area contributed by atoms with Crippen molar-refractivity contribution in [2.24, 2.45) is 5.73 Å². The monoisotopic (exact) mass is 247 g/mol. The van der Waals surface area contributed by atoms with Gasteiger partial charge in [-0.25, -0.2) is 0 Å². The second-order valence-electron chi connectivity index (χ2n) is 6.16. The first-order valence-electron chi connectivity index (χ1n) is 6.95. The lowest BCUT2D eigenvalue weighted by Crippen LogP contribution is -2.32. The van der Waals surface area contributed by atoms with E-state index in [9.17, 15) is 0 Å². The summed E-state index contributed by atoms with van der Waals surface area (Å²) in [5.41, 5.74) is 9.76. The maximum atomic E-state index is 6.07. The average Bonchev–Trinajstić information content (AvgIpc) is 2.27. The number of benzene rings is 1. The number of ether oxygens (including phenoxy) is 1. The van der Waals surface area contributed by atoms with Crippen molar-refractivity contribution in [2.45, 2.75) is 58.5 Å². The molecule has 0 saturated carbocycles. The molecule has 1 aromatic rings. The molecule has 1 aliphatic rings. The Labute approximate surface area is 111 Å². The summed E-state index contributed by atoms with van der Waals surface area (Å²) in [4.78, 5) is 0. The Morgan fingerprint density at radius 2 is 2.11 bits per heavy atom. The first-order chi connectivity index (χ1) is 8.43. The number of nitrogens with two attached hydrogens (primary N) is 1. The molecule has 18 heavy (non-hydrogen) atoms.